The zero-order valence-corrected chi connectivity index (χ0v) is 10.6. The summed E-state index contributed by atoms with van der Waals surface area (Å²) in [5, 5.41) is 0. The summed E-state index contributed by atoms with van der Waals surface area (Å²) in [6.07, 6.45) is -0.403. The van der Waals surface area contributed by atoms with Gasteiger partial charge in [-0.05, 0) is 17.7 Å². The normalized spacial score (nSPS) is 17.2. The van der Waals surface area contributed by atoms with Crippen molar-refractivity contribution in [3.63, 3.8) is 0 Å². The second-order valence-electron chi connectivity index (χ2n) is 3.93. The highest BCUT2D eigenvalue weighted by molar-refractivity contribution is 8.45. The van der Waals surface area contributed by atoms with Crippen molar-refractivity contribution in [2.75, 3.05) is 7.11 Å². The van der Waals surface area contributed by atoms with Crippen LogP contribution in [0.25, 0.3) is 0 Å². The first-order valence-electron chi connectivity index (χ1n) is 5.00. The summed E-state index contributed by atoms with van der Waals surface area (Å²) in [6, 6.07) is 1.35. The van der Waals surface area contributed by atoms with Crippen LogP contribution in [0.15, 0.2) is 29.2 Å². The van der Waals surface area contributed by atoms with Crippen molar-refractivity contribution in [1.29, 1.82) is 0 Å². The Hall–Kier alpha value is -1.35. The fourth-order valence-electron chi connectivity index (χ4n) is 1.37. The van der Waals surface area contributed by atoms with E-state index in [0.717, 1.165) is 19.2 Å². The van der Waals surface area contributed by atoms with E-state index in [4.69, 9.17) is 5.73 Å². The molecular weight excluding hydrogens is 293 g/mol. The number of benzene rings is 1. The first-order chi connectivity index (χ1) is 8.33. The van der Waals surface area contributed by atoms with Crippen molar-refractivity contribution in [3.05, 3.63) is 29.8 Å². The minimum Gasteiger partial charge on any atom is -0.469 e. The van der Waals surface area contributed by atoms with E-state index in [1.807, 2.05) is 0 Å². The summed E-state index contributed by atoms with van der Waals surface area (Å²) in [7, 11) is -8.65. The molecule has 0 spiro atoms. The van der Waals surface area contributed by atoms with Gasteiger partial charge in [-0.15, -0.1) is 0 Å². The molecule has 0 aliphatic rings. The Bertz CT molecular complexity index is 502. The van der Waals surface area contributed by atoms with Gasteiger partial charge in [0.25, 0.3) is 0 Å². The van der Waals surface area contributed by atoms with E-state index in [2.05, 4.69) is 4.74 Å². The highest BCUT2D eigenvalue weighted by Crippen LogP contribution is 3.02. The Morgan fingerprint density at radius 1 is 1.32 bits per heavy atom. The van der Waals surface area contributed by atoms with Crippen LogP contribution < -0.4 is 5.73 Å². The Kier molecular flexibility index (Phi) is 3.37. The summed E-state index contributed by atoms with van der Waals surface area (Å²) in [4.78, 5) is 8.91. The molecule has 0 fully saturated rings. The highest BCUT2D eigenvalue weighted by Gasteiger charge is 2.65. The molecule has 0 amide bonds. The lowest BCUT2D eigenvalue weighted by Gasteiger charge is -2.40. The van der Waals surface area contributed by atoms with Gasteiger partial charge in [0.1, 0.15) is 4.90 Å². The van der Waals surface area contributed by atoms with E-state index in [0.29, 0.717) is 0 Å². The topological polar surface area (TPSA) is 52.3 Å². The third-order valence-electron chi connectivity index (χ3n) is 2.35. The number of halogens is 5. The lowest BCUT2D eigenvalue weighted by molar-refractivity contribution is -0.141. The maximum atomic E-state index is 12.6. The van der Waals surface area contributed by atoms with Crippen molar-refractivity contribution in [1.82, 2.24) is 0 Å². The van der Waals surface area contributed by atoms with Gasteiger partial charge in [0.05, 0.1) is 13.5 Å². The Morgan fingerprint density at radius 2 is 1.89 bits per heavy atom. The number of hydrogen-bond acceptors (Lipinski definition) is 3. The molecule has 0 saturated carbocycles. The number of ether oxygens (including phenoxy) is 1. The van der Waals surface area contributed by atoms with E-state index < -0.39 is 33.6 Å². The molecule has 0 saturated heterocycles. The largest absolute Gasteiger partial charge is 0.469 e. The van der Waals surface area contributed by atoms with Crippen LogP contribution in [0.5, 0.6) is 0 Å². The quantitative estimate of drug-likeness (QED) is 0.678. The molecule has 110 valence electrons. The molecule has 1 rings (SSSR count). The van der Waals surface area contributed by atoms with Crippen molar-refractivity contribution in [2.24, 2.45) is 5.73 Å². The SMILES string of the molecule is COC(=O)C[C@H](N)c1cccc(S(F)(F)(F)(F)F)c1. The lowest BCUT2D eigenvalue weighted by atomic mass is 10.1. The van der Waals surface area contributed by atoms with Crippen LogP contribution in [-0.2, 0) is 9.53 Å². The van der Waals surface area contributed by atoms with Gasteiger partial charge in [0, 0.05) is 6.04 Å². The van der Waals surface area contributed by atoms with Crippen molar-refractivity contribution in [2.45, 2.75) is 17.4 Å². The highest BCUT2D eigenvalue weighted by atomic mass is 32.5. The van der Waals surface area contributed by atoms with Crippen molar-refractivity contribution in [3.8, 4) is 0 Å². The van der Waals surface area contributed by atoms with Gasteiger partial charge in [-0.3, -0.25) is 4.79 Å². The molecule has 0 aliphatic heterocycles. The van der Waals surface area contributed by atoms with Crippen molar-refractivity contribution >= 4 is 16.2 Å². The summed E-state index contributed by atoms with van der Waals surface area (Å²) < 4.78 is 67.2. The molecule has 9 heteroatoms. The number of rotatable bonds is 4. The summed E-state index contributed by atoms with van der Waals surface area (Å²) in [5.74, 6) is -0.745. The van der Waals surface area contributed by atoms with Crippen LogP contribution in [-0.4, -0.2) is 13.1 Å². The van der Waals surface area contributed by atoms with Gasteiger partial charge >= 0.3 is 16.2 Å². The standard InChI is InChI=1S/C10H12F5NO2S/c1-18-10(17)6-9(16)7-3-2-4-8(5-7)19(11,12,13,14)15/h2-5,9H,6,16H2,1H3/t9-/m0/s1. The summed E-state index contributed by atoms with van der Waals surface area (Å²) >= 11 is 0. The first kappa shape index (κ1) is 15.7. The molecule has 1 aromatic carbocycles. The number of hydrogen-bond donors (Lipinski definition) is 1. The molecule has 19 heavy (non-hydrogen) atoms. The van der Waals surface area contributed by atoms with Crippen LogP contribution in [0.2, 0.25) is 0 Å². The third kappa shape index (κ3) is 4.35. The molecule has 3 nitrogen and oxygen atoms in total. The van der Waals surface area contributed by atoms with Crippen molar-refractivity contribution < 1.29 is 29.0 Å². The maximum Gasteiger partial charge on any atom is 0.310 e. The number of methoxy groups -OCH3 is 1. The van der Waals surface area contributed by atoms with Gasteiger partial charge in [-0.1, -0.05) is 31.6 Å². The fourth-order valence-corrected chi connectivity index (χ4v) is 2.06. The molecule has 0 radical (unpaired) electrons. The Balaban J connectivity index is 3.13. The molecule has 0 unspecified atom stereocenters. The Labute approximate surface area is 106 Å². The third-order valence-corrected chi connectivity index (χ3v) is 3.49. The van der Waals surface area contributed by atoms with Gasteiger partial charge in [0.2, 0.25) is 0 Å². The van der Waals surface area contributed by atoms with E-state index in [1.54, 1.807) is 0 Å². The minimum absolute atomic E-state index is 0.212. The number of nitrogens with two attached hydrogens (primary N) is 1. The molecular formula is C10H12F5NO2S. The number of esters is 1. The average Bonchev–Trinajstić information content (AvgIpc) is 2.26. The van der Waals surface area contributed by atoms with Gasteiger partial charge in [0.15, 0.2) is 0 Å². The van der Waals surface area contributed by atoms with E-state index in [9.17, 15) is 24.2 Å². The zero-order valence-electron chi connectivity index (χ0n) is 9.79. The number of carbonyl (C=O) groups excluding carboxylic acids is 1. The smallest absolute Gasteiger partial charge is 0.310 e. The molecule has 1 atom stereocenters. The second kappa shape index (κ2) is 4.07. The predicted octanol–water partition coefficient (Wildman–Crippen LogP) is 3.91. The van der Waals surface area contributed by atoms with Crippen LogP contribution in [0, 0.1) is 0 Å². The van der Waals surface area contributed by atoms with Gasteiger partial charge < -0.3 is 10.5 Å². The molecule has 0 bridgehead atoms. The second-order valence-corrected chi connectivity index (χ2v) is 6.34. The van der Waals surface area contributed by atoms with Crippen LogP contribution in [0.4, 0.5) is 19.4 Å². The van der Waals surface area contributed by atoms with E-state index >= 15 is 0 Å². The maximum absolute atomic E-state index is 12.6. The summed E-state index contributed by atoms with van der Waals surface area (Å²) in [5.41, 5.74) is 5.26. The Morgan fingerprint density at radius 3 is 2.37 bits per heavy atom. The van der Waals surface area contributed by atoms with Crippen LogP contribution >= 0.6 is 10.2 Å². The molecule has 0 aromatic heterocycles. The fraction of sp³-hybridized carbons (Fsp3) is 0.300. The minimum atomic E-state index is -9.74. The summed E-state index contributed by atoms with van der Waals surface area (Å²) in [6.45, 7) is 0. The van der Waals surface area contributed by atoms with E-state index in [1.165, 1.54) is 0 Å². The van der Waals surface area contributed by atoms with Gasteiger partial charge in [-0.25, -0.2) is 0 Å². The van der Waals surface area contributed by atoms with Crippen LogP contribution in [0.3, 0.4) is 0 Å². The number of carbonyl (C=O) groups is 1. The zero-order chi connectivity index (χ0) is 15.0. The molecule has 0 aliphatic carbocycles. The van der Waals surface area contributed by atoms with Gasteiger partial charge in [-0.2, -0.15) is 0 Å². The molecule has 2 N–H and O–H groups in total. The van der Waals surface area contributed by atoms with E-state index in [-0.39, 0.29) is 17.7 Å². The molecule has 1 aromatic rings. The molecule has 0 heterocycles. The monoisotopic (exact) mass is 305 g/mol. The lowest BCUT2D eigenvalue weighted by Crippen LogP contribution is -2.17. The first-order valence-corrected chi connectivity index (χ1v) is 6.95. The predicted molar refractivity (Wildman–Crippen MR) is 61.4 cm³/mol. The average molecular weight is 305 g/mol. The van der Waals surface area contributed by atoms with Crippen LogP contribution in [0.1, 0.15) is 18.0 Å².